The topological polar surface area (TPSA) is 24.9 Å². The molecule has 0 aromatic rings. The summed E-state index contributed by atoms with van der Waals surface area (Å²) in [6, 6.07) is 1.38. The Morgan fingerprint density at radius 3 is 2.18 bits per heavy atom. The molecule has 4 atom stereocenters. The molecule has 0 aliphatic carbocycles. The van der Waals surface area contributed by atoms with Gasteiger partial charge in [0.2, 0.25) is 0 Å². The summed E-state index contributed by atoms with van der Waals surface area (Å²) < 4.78 is 11.4. The van der Waals surface area contributed by atoms with E-state index in [1.165, 1.54) is 32.2 Å². The lowest BCUT2D eigenvalue weighted by Gasteiger charge is -2.53. The lowest BCUT2D eigenvalue weighted by molar-refractivity contribution is -0.119. The van der Waals surface area contributed by atoms with E-state index in [1.807, 2.05) is 0 Å². The Kier molecular flexibility index (Phi) is 3.61. The van der Waals surface area contributed by atoms with Gasteiger partial charge in [-0.2, -0.15) is 0 Å². The molecule has 4 heterocycles. The predicted octanol–water partition coefficient (Wildman–Crippen LogP) is 2.27. The average Bonchev–Trinajstić information content (AvgIpc) is 2.89. The minimum atomic E-state index is 0.289. The molecular formula is C18H32N2O2. The zero-order valence-corrected chi connectivity index (χ0v) is 14.7. The zero-order chi connectivity index (χ0) is 15.5. The van der Waals surface area contributed by atoms with Crippen LogP contribution in [0.3, 0.4) is 0 Å². The van der Waals surface area contributed by atoms with E-state index in [0.717, 1.165) is 19.8 Å². The van der Waals surface area contributed by atoms with E-state index in [9.17, 15) is 0 Å². The fraction of sp³-hybridized carbons (Fsp3) is 1.00. The molecule has 0 aromatic carbocycles. The Morgan fingerprint density at radius 1 is 0.864 bits per heavy atom. The van der Waals surface area contributed by atoms with E-state index in [4.69, 9.17) is 9.47 Å². The molecule has 22 heavy (non-hydrogen) atoms. The zero-order valence-electron chi connectivity index (χ0n) is 14.7. The van der Waals surface area contributed by atoms with Crippen molar-refractivity contribution in [1.29, 1.82) is 0 Å². The molecule has 4 saturated heterocycles. The second-order valence-electron chi connectivity index (χ2n) is 8.96. The van der Waals surface area contributed by atoms with Crippen molar-refractivity contribution < 1.29 is 9.47 Å². The van der Waals surface area contributed by atoms with Crippen LogP contribution in [-0.4, -0.2) is 71.5 Å². The van der Waals surface area contributed by atoms with Crippen LogP contribution in [0.15, 0.2) is 0 Å². The van der Waals surface area contributed by atoms with Gasteiger partial charge in [-0.05, 0) is 53.4 Å². The maximum absolute atomic E-state index is 5.77. The van der Waals surface area contributed by atoms with Crippen LogP contribution in [0.5, 0.6) is 0 Å². The highest BCUT2D eigenvalue weighted by Crippen LogP contribution is 2.41. The third-order valence-electron chi connectivity index (χ3n) is 6.82. The first-order valence-corrected chi connectivity index (χ1v) is 9.15. The van der Waals surface area contributed by atoms with Crippen LogP contribution >= 0.6 is 0 Å². The number of hydrogen-bond acceptors (Lipinski definition) is 4. The summed E-state index contributed by atoms with van der Waals surface area (Å²) in [5.74, 6) is 0. The van der Waals surface area contributed by atoms with Gasteiger partial charge in [-0.15, -0.1) is 0 Å². The normalized spacial score (nSPS) is 39.3. The first-order chi connectivity index (χ1) is 10.4. The summed E-state index contributed by atoms with van der Waals surface area (Å²) in [5.41, 5.74) is 0.582. The quantitative estimate of drug-likeness (QED) is 0.778. The first-order valence-electron chi connectivity index (χ1n) is 9.15. The number of fused-ring (bicyclic) bond motifs is 2. The largest absolute Gasteiger partial charge is 0.375 e. The average molecular weight is 308 g/mol. The van der Waals surface area contributed by atoms with Gasteiger partial charge in [0.15, 0.2) is 0 Å². The fourth-order valence-corrected chi connectivity index (χ4v) is 5.02. The number of rotatable bonds is 5. The molecular weight excluding hydrogens is 276 g/mol. The van der Waals surface area contributed by atoms with Crippen molar-refractivity contribution in [3.63, 3.8) is 0 Å². The van der Waals surface area contributed by atoms with E-state index in [1.54, 1.807) is 0 Å². The van der Waals surface area contributed by atoms with Crippen LogP contribution in [0.1, 0.15) is 53.4 Å². The summed E-state index contributed by atoms with van der Waals surface area (Å²) in [6.45, 7) is 14.0. The Morgan fingerprint density at radius 2 is 1.59 bits per heavy atom. The number of nitrogens with zero attached hydrogens (tertiary/aromatic N) is 2. The molecule has 0 bridgehead atoms. The van der Waals surface area contributed by atoms with Gasteiger partial charge in [0.05, 0.1) is 24.9 Å². The summed E-state index contributed by atoms with van der Waals surface area (Å²) in [6.07, 6.45) is 6.03. The molecule has 126 valence electrons. The third-order valence-corrected chi connectivity index (χ3v) is 6.82. The third kappa shape index (κ3) is 2.34. The first kappa shape index (κ1) is 15.4. The fourth-order valence-electron chi connectivity index (χ4n) is 5.02. The molecule has 0 radical (unpaired) electrons. The molecule has 0 aromatic heterocycles. The molecule has 4 fully saturated rings. The monoisotopic (exact) mass is 308 g/mol. The Labute approximate surface area is 135 Å². The Hall–Kier alpha value is -0.160. The van der Waals surface area contributed by atoms with Gasteiger partial charge in [0.1, 0.15) is 0 Å². The van der Waals surface area contributed by atoms with Crippen LogP contribution in [0.2, 0.25) is 0 Å². The molecule has 0 spiro atoms. The lowest BCUT2D eigenvalue weighted by atomic mass is 9.82. The van der Waals surface area contributed by atoms with Crippen LogP contribution in [0.25, 0.3) is 0 Å². The van der Waals surface area contributed by atoms with E-state index in [-0.39, 0.29) is 5.54 Å². The molecule has 0 saturated carbocycles. The molecule has 4 aliphatic heterocycles. The van der Waals surface area contributed by atoms with Crippen LogP contribution in [-0.2, 0) is 9.47 Å². The molecule has 4 heteroatoms. The van der Waals surface area contributed by atoms with Gasteiger partial charge in [-0.3, -0.25) is 9.80 Å². The van der Waals surface area contributed by atoms with Gasteiger partial charge >= 0.3 is 0 Å². The molecule has 0 amide bonds. The van der Waals surface area contributed by atoms with Crippen molar-refractivity contribution in [2.75, 3.05) is 26.3 Å². The highest BCUT2D eigenvalue weighted by atomic mass is 16.5. The van der Waals surface area contributed by atoms with E-state index < -0.39 is 0 Å². The van der Waals surface area contributed by atoms with Gasteiger partial charge in [0, 0.05) is 36.8 Å². The van der Waals surface area contributed by atoms with Crippen LogP contribution < -0.4 is 0 Å². The molecule has 4 rings (SSSR count). The minimum absolute atomic E-state index is 0.289. The molecule has 4 nitrogen and oxygen atoms in total. The molecule has 4 aliphatic rings. The highest BCUT2D eigenvalue weighted by Gasteiger charge is 2.51. The predicted molar refractivity (Wildman–Crippen MR) is 87.1 cm³/mol. The highest BCUT2D eigenvalue weighted by molar-refractivity contribution is 5.05. The van der Waals surface area contributed by atoms with Crippen molar-refractivity contribution in [3.05, 3.63) is 0 Å². The minimum Gasteiger partial charge on any atom is -0.375 e. The van der Waals surface area contributed by atoms with E-state index in [0.29, 0.717) is 29.8 Å². The Bertz CT molecular complexity index is 437. The van der Waals surface area contributed by atoms with Crippen molar-refractivity contribution in [2.24, 2.45) is 0 Å². The van der Waals surface area contributed by atoms with E-state index >= 15 is 0 Å². The summed E-state index contributed by atoms with van der Waals surface area (Å²) in [7, 11) is 0. The number of hydrogen-bond donors (Lipinski definition) is 0. The van der Waals surface area contributed by atoms with Gasteiger partial charge in [0.25, 0.3) is 0 Å². The van der Waals surface area contributed by atoms with Crippen LogP contribution in [0.4, 0.5) is 0 Å². The SMILES string of the molecule is CC(C)(CCC(C)(C)N1CC2OCCC21)N1CCC2OCC21. The van der Waals surface area contributed by atoms with Crippen molar-refractivity contribution in [1.82, 2.24) is 9.80 Å². The number of ether oxygens (including phenoxy) is 2. The van der Waals surface area contributed by atoms with Gasteiger partial charge in [-0.25, -0.2) is 0 Å². The maximum atomic E-state index is 5.77. The second-order valence-corrected chi connectivity index (χ2v) is 8.96. The van der Waals surface area contributed by atoms with Gasteiger partial charge in [-0.1, -0.05) is 0 Å². The molecule has 0 N–H and O–H groups in total. The Balaban J connectivity index is 1.34. The maximum Gasteiger partial charge on any atom is 0.0858 e. The van der Waals surface area contributed by atoms with Crippen molar-refractivity contribution in [2.45, 2.75) is 88.7 Å². The smallest absolute Gasteiger partial charge is 0.0858 e. The lowest BCUT2D eigenvalue weighted by Crippen LogP contribution is -2.65. The molecule has 4 unspecified atom stereocenters. The standard InChI is InChI=1S/C18H32N2O2/c1-17(2,19-9-5-15-14(19)12-22-15)7-8-18(3,4)20-11-16-13(20)6-10-21-16/h13-16H,5-12H2,1-4H3. The second kappa shape index (κ2) is 5.17. The van der Waals surface area contributed by atoms with E-state index in [2.05, 4.69) is 37.5 Å². The number of likely N-dealkylation sites (tertiary alicyclic amines) is 2. The summed E-state index contributed by atoms with van der Waals surface area (Å²) in [5, 5.41) is 0. The van der Waals surface area contributed by atoms with Crippen LogP contribution in [0, 0.1) is 0 Å². The van der Waals surface area contributed by atoms with Gasteiger partial charge < -0.3 is 9.47 Å². The summed E-state index contributed by atoms with van der Waals surface area (Å²) >= 11 is 0. The van der Waals surface area contributed by atoms with Crippen molar-refractivity contribution in [3.8, 4) is 0 Å². The summed E-state index contributed by atoms with van der Waals surface area (Å²) in [4.78, 5) is 5.41. The van der Waals surface area contributed by atoms with Crippen molar-refractivity contribution >= 4 is 0 Å².